The van der Waals surface area contributed by atoms with E-state index >= 15 is 0 Å². The van der Waals surface area contributed by atoms with Crippen LogP contribution in [0.5, 0.6) is 0 Å². The molecule has 18 heteroatoms. The van der Waals surface area contributed by atoms with E-state index in [-0.39, 0.29) is 31.0 Å². The van der Waals surface area contributed by atoms with Crippen molar-refractivity contribution in [2.24, 2.45) is 11.5 Å². The van der Waals surface area contributed by atoms with Gasteiger partial charge >= 0.3 is 6.09 Å². The molecule has 0 spiro atoms. The molecular formula is C47H54N10O8. The minimum absolute atomic E-state index is 0.0759. The molecule has 0 unspecified atom stereocenters. The molecule has 6 N–H and O–H groups in total. The van der Waals surface area contributed by atoms with E-state index in [0.717, 1.165) is 24.2 Å². The Bertz CT molecular complexity index is 2610. The average molecular weight is 887 g/mol. The second kappa shape index (κ2) is 22.2. The van der Waals surface area contributed by atoms with E-state index < -0.39 is 35.5 Å². The molecule has 2 aliphatic heterocycles. The van der Waals surface area contributed by atoms with Crippen LogP contribution in [0.4, 0.5) is 4.79 Å². The molecule has 0 aliphatic carbocycles. The number of aliphatic hydroxyl groups excluding tert-OH is 1. The number of allylic oxidation sites excluding steroid dienone is 3. The van der Waals surface area contributed by atoms with E-state index in [1.807, 2.05) is 30.4 Å². The largest absolute Gasteiger partial charge is 0.450 e. The SMILES string of the molecule is CCC/C=C/C=C\c1c(C)c(C(N)=O)nn1-c1cccc(C#C[C@]2(O)CCN(C)C2=O)c1.CCOC(=O)N1CCc2c(c(C(N)=O)nn2-c2cc(C#C[C@H](O)CCN(C)C=O)ccn2)C1. The number of benzene rings is 1. The number of amides is 5. The summed E-state index contributed by atoms with van der Waals surface area (Å²) in [4.78, 5) is 67.5. The van der Waals surface area contributed by atoms with E-state index in [9.17, 15) is 34.2 Å². The minimum atomic E-state index is -1.66. The van der Waals surface area contributed by atoms with Crippen molar-refractivity contribution in [1.29, 1.82) is 0 Å². The molecule has 3 aromatic heterocycles. The van der Waals surface area contributed by atoms with E-state index in [1.54, 1.807) is 67.8 Å². The summed E-state index contributed by atoms with van der Waals surface area (Å²) < 4.78 is 8.25. The molecule has 1 fully saturated rings. The summed E-state index contributed by atoms with van der Waals surface area (Å²) in [6.45, 7) is 7.31. The zero-order valence-electron chi connectivity index (χ0n) is 37.2. The monoisotopic (exact) mass is 886 g/mol. The first-order chi connectivity index (χ1) is 31.1. The van der Waals surface area contributed by atoms with Crippen molar-refractivity contribution in [3.63, 3.8) is 0 Å². The summed E-state index contributed by atoms with van der Waals surface area (Å²) in [5.41, 5.74) is 14.3. The number of hydrogen-bond acceptors (Lipinski definition) is 11. The van der Waals surface area contributed by atoms with Gasteiger partial charge in [0.2, 0.25) is 12.0 Å². The summed E-state index contributed by atoms with van der Waals surface area (Å²) in [6.07, 6.45) is 11.8. The number of likely N-dealkylation sites (tertiary alicyclic amines) is 1. The number of nitrogens with zero attached hydrogens (tertiary/aromatic N) is 8. The molecule has 5 amide bonds. The fraction of sp³-hybridized carbons (Fsp3) is 0.362. The number of aliphatic hydroxyl groups is 2. The lowest BCUT2D eigenvalue weighted by Gasteiger charge is -2.26. The van der Waals surface area contributed by atoms with Gasteiger partial charge in [0, 0.05) is 81.4 Å². The number of pyridine rings is 1. The van der Waals surface area contributed by atoms with Crippen LogP contribution >= 0.6 is 0 Å². The maximum atomic E-state index is 12.2. The van der Waals surface area contributed by atoms with Crippen LogP contribution in [0, 0.1) is 30.6 Å². The average Bonchev–Trinajstić information content (AvgIpc) is 3.94. The molecular weight excluding hydrogens is 833 g/mol. The summed E-state index contributed by atoms with van der Waals surface area (Å²) in [5.74, 6) is 10.0. The highest BCUT2D eigenvalue weighted by Gasteiger charge is 2.42. The maximum Gasteiger partial charge on any atom is 0.410 e. The van der Waals surface area contributed by atoms with E-state index in [2.05, 4.69) is 51.9 Å². The molecule has 2 aliphatic rings. The van der Waals surface area contributed by atoms with Crippen LogP contribution in [-0.2, 0) is 27.3 Å². The Morgan fingerprint density at radius 1 is 1.03 bits per heavy atom. The highest BCUT2D eigenvalue weighted by Crippen LogP contribution is 2.26. The summed E-state index contributed by atoms with van der Waals surface area (Å²) >= 11 is 0. The van der Waals surface area contributed by atoms with Gasteiger partial charge in [-0.05, 0) is 56.7 Å². The molecule has 340 valence electrons. The molecule has 0 radical (unpaired) electrons. The highest BCUT2D eigenvalue weighted by atomic mass is 16.6. The van der Waals surface area contributed by atoms with Gasteiger partial charge in [-0.3, -0.25) is 19.2 Å². The molecule has 0 saturated carbocycles. The third kappa shape index (κ3) is 12.1. The lowest BCUT2D eigenvalue weighted by atomic mass is 10.0. The fourth-order valence-electron chi connectivity index (χ4n) is 6.89. The normalized spacial score (nSPS) is 15.9. The van der Waals surface area contributed by atoms with Gasteiger partial charge in [0.1, 0.15) is 6.10 Å². The van der Waals surface area contributed by atoms with Crippen LogP contribution in [0.2, 0.25) is 0 Å². The first-order valence-corrected chi connectivity index (χ1v) is 21.1. The first-order valence-electron chi connectivity index (χ1n) is 21.1. The highest BCUT2D eigenvalue weighted by molar-refractivity contribution is 5.94. The number of nitrogens with two attached hydrogens (primary N) is 2. The van der Waals surface area contributed by atoms with Gasteiger partial charge < -0.3 is 41.1 Å². The number of carbonyl (C=O) groups is 5. The summed E-state index contributed by atoms with van der Waals surface area (Å²) in [7, 11) is 3.27. The summed E-state index contributed by atoms with van der Waals surface area (Å²) in [6, 6.07) is 10.6. The number of primary amides is 2. The van der Waals surface area contributed by atoms with E-state index in [1.165, 1.54) is 14.7 Å². The van der Waals surface area contributed by atoms with Crippen molar-refractivity contribution in [3.05, 3.63) is 106 Å². The molecule has 18 nitrogen and oxygen atoms in total. The standard InChI is InChI=1S/C25H28N4O3.C22H26N6O5/c1-4-5-6-7-8-12-21-18(2)22(23(26)30)27-29(21)20-11-9-10-19(17-20)13-14-25(32)15-16-28(3)24(25)31;1-3-33-22(32)27-11-8-18-17(13-27)20(21(23)31)25-28(18)19-12-15(6-9-24-19)4-5-16(30)7-10-26(2)14-29/h6-12,17,32H,4-5,15-16H2,1-3H3,(H2,26,30);6,9,12,14,16,30H,3,7-8,10-11,13H2,1-2H3,(H2,23,31)/b7-6+,12-8-;/t25-;16-/m00/s1. The fourth-order valence-corrected chi connectivity index (χ4v) is 6.89. The van der Waals surface area contributed by atoms with Gasteiger partial charge in [0.05, 0.1) is 30.2 Å². The smallest absolute Gasteiger partial charge is 0.410 e. The molecule has 65 heavy (non-hydrogen) atoms. The number of rotatable bonds is 13. The Kier molecular flexibility index (Phi) is 16.6. The number of fused-ring (bicyclic) bond motifs is 1. The Labute approximate surface area is 377 Å². The van der Waals surface area contributed by atoms with Crippen molar-refractivity contribution in [2.75, 3.05) is 40.3 Å². The van der Waals surface area contributed by atoms with Crippen LogP contribution < -0.4 is 11.5 Å². The Balaban J connectivity index is 0.000000244. The van der Waals surface area contributed by atoms with Crippen LogP contribution in [0.3, 0.4) is 0 Å². The topological polar surface area (TPSA) is 245 Å². The number of ether oxygens (including phenoxy) is 1. The predicted molar refractivity (Wildman–Crippen MR) is 241 cm³/mol. The molecule has 5 heterocycles. The van der Waals surface area contributed by atoms with Gasteiger partial charge in [0.25, 0.3) is 17.7 Å². The van der Waals surface area contributed by atoms with Crippen molar-refractivity contribution < 1.29 is 38.9 Å². The predicted octanol–water partition coefficient (Wildman–Crippen LogP) is 2.67. The van der Waals surface area contributed by atoms with Gasteiger partial charge in [-0.1, -0.05) is 61.3 Å². The van der Waals surface area contributed by atoms with Crippen molar-refractivity contribution >= 4 is 36.3 Å². The zero-order chi connectivity index (χ0) is 47.3. The second-order valence-electron chi connectivity index (χ2n) is 15.3. The molecule has 2 atom stereocenters. The molecule has 6 rings (SSSR count). The zero-order valence-corrected chi connectivity index (χ0v) is 37.2. The maximum absolute atomic E-state index is 12.2. The molecule has 1 aromatic carbocycles. The first kappa shape index (κ1) is 48.5. The Morgan fingerprint density at radius 2 is 1.77 bits per heavy atom. The van der Waals surface area contributed by atoms with Crippen molar-refractivity contribution in [2.45, 2.75) is 71.1 Å². The lowest BCUT2D eigenvalue weighted by molar-refractivity contribution is -0.137. The van der Waals surface area contributed by atoms with E-state index in [4.69, 9.17) is 16.2 Å². The van der Waals surface area contributed by atoms with Gasteiger partial charge in [-0.2, -0.15) is 10.2 Å². The molecule has 1 saturated heterocycles. The van der Waals surface area contributed by atoms with Crippen LogP contribution in [0.25, 0.3) is 17.6 Å². The third-order valence-electron chi connectivity index (χ3n) is 10.5. The number of likely N-dealkylation sites (N-methyl/N-ethyl adjacent to an activating group) is 1. The van der Waals surface area contributed by atoms with Crippen LogP contribution in [0.15, 0.2) is 60.8 Å². The minimum Gasteiger partial charge on any atom is -0.450 e. The van der Waals surface area contributed by atoms with Crippen molar-refractivity contribution in [3.8, 4) is 35.2 Å². The van der Waals surface area contributed by atoms with Gasteiger partial charge in [0.15, 0.2) is 17.2 Å². The number of aromatic nitrogens is 5. The van der Waals surface area contributed by atoms with E-state index in [0.29, 0.717) is 72.6 Å². The van der Waals surface area contributed by atoms with Gasteiger partial charge in [-0.15, -0.1) is 0 Å². The van der Waals surface area contributed by atoms with Crippen molar-refractivity contribution in [1.82, 2.24) is 39.2 Å². The molecule has 0 bridgehead atoms. The quantitative estimate of drug-likeness (QED) is 0.0864. The van der Waals surface area contributed by atoms with Crippen LogP contribution in [0.1, 0.15) is 94.1 Å². The second-order valence-corrected chi connectivity index (χ2v) is 15.3. The molecule has 4 aromatic rings. The van der Waals surface area contributed by atoms with Crippen LogP contribution in [-0.4, -0.2) is 132 Å². The Morgan fingerprint density at radius 3 is 2.45 bits per heavy atom. The number of unbranched alkanes of at least 4 members (excludes halogenated alkanes) is 1. The lowest BCUT2D eigenvalue weighted by Crippen LogP contribution is -2.37. The Hall–Kier alpha value is -7.54. The number of carbonyl (C=O) groups excluding carboxylic acids is 5. The third-order valence-corrected chi connectivity index (χ3v) is 10.5. The van der Waals surface area contributed by atoms with Gasteiger partial charge in [-0.25, -0.2) is 19.1 Å². The summed E-state index contributed by atoms with van der Waals surface area (Å²) in [5, 5.41) is 29.3. The number of hydrogen-bond donors (Lipinski definition) is 4.